The quantitative estimate of drug-likeness (QED) is 0.269. The Morgan fingerprint density at radius 2 is 1.00 bits per heavy atom. The molecule has 0 spiro atoms. The molecule has 0 aliphatic carbocycles. The number of nitrogens with one attached hydrogen (secondary N) is 1. The van der Waals surface area contributed by atoms with E-state index in [-0.39, 0.29) is 0 Å². The molecule has 5 aromatic carbocycles. The predicted molar refractivity (Wildman–Crippen MR) is 121 cm³/mol. The fraction of sp³-hybridized carbons (Fsp3) is 0. The lowest BCUT2D eigenvalue weighted by atomic mass is 9.90. The second kappa shape index (κ2) is 6.75. The third-order valence-electron chi connectivity index (χ3n) is 5.17. The van der Waals surface area contributed by atoms with E-state index in [0.717, 1.165) is 17.1 Å². The van der Waals surface area contributed by atoms with Crippen molar-refractivity contribution >= 4 is 38.6 Å². The van der Waals surface area contributed by atoms with Crippen LogP contribution in [0.5, 0.6) is 0 Å². The zero-order chi connectivity index (χ0) is 18.9. The summed E-state index contributed by atoms with van der Waals surface area (Å²) in [5.74, 6) is 0. The number of nitrogens with two attached hydrogens (primary N) is 1. The fourth-order valence-corrected chi connectivity index (χ4v) is 3.89. The molecule has 134 valence electrons. The summed E-state index contributed by atoms with van der Waals surface area (Å²) in [7, 11) is 0. The number of rotatable bonds is 3. The Balaban J connectivity index is 1.87. The van der Waals surface area contributed by atoms with Gasteiger partial charge < -0.3 is 11.1 Å². The Bertz CT molecular complexity index is 1220. The maximum Gasteiger partial charge on any atom is 0.0544 e. The number of anilines is 3. The first kappa shape index (κ1) is 16.4. The van der Waals surface area contributed by atoms with Gasteiger partial charge in [0.15, 0.2) is 0 Å². The van der Waals surface area contributed by atoms with E-state index in [2.05, 4.69) is 90.2 Å². The number of fused-ring (bicyclic) bond motifs is 2. The minimum Gasteiger partial charge on any atom is -0.399 e. The molecule has 0 aliphatic rings. The van der Waals surface area contributed by atoms with Gasteiger partial charge in [-0.25, -0.2) is 0 Å². The van der Waals surface area contributed by atoms with Crippen molar-refractivity contribution in [3.05, 3.63) is 103 Å². The van der Waals surface area contributed by atoms with Crippen LogP contribution in [0.4, 0.5) is 17.1 Å². The smallest absolute Gasteiger partial charge is 0.0544 e. The van der Waals surface area contributed by atoms with E-state index in [9.17, 15) is 0 Å². The van der Waals surface area contributed by atoms with Crippen LogP contribution in [0.25, 0.3) is 32.7 Å². The van der Waals surface area contributed by atoms with Crippen molar-refractivity contribution in [3.8, 4) is 11.1 Å². The van der Waals surface area contributed by atoms with Gasteiger partial charge in [0.05, 0.1) is 5.69 Å². The van der Waals surface area contributed by atoms with Gasteiger partial charge in [0, 0.05) is 22.1 Å². The predicted octanol–water partition coefficient (Wildman–Crippen LogP) is 6.99. The zero-order valence-corrected chi connectivity index (χ0v) is 15.4. The second-order valence-corrected chi connectivity index (χ2v) is 6.95. The summed E-state index contributed by atoms with van der Waals surface area (Å²) in [5.41, 5.74) is 11.3. The largest absolute Gasteiger partial charge is 0.399 e. The number of hydrogen-bond acceptors (Lipinski definition) is 2. The highest BCUT2D eigenvalue weighted by atomic mass is 14.9. The van der Waals surface area contributed by atoms with Crippen LogP contribution in [0.1, 0.15) is 0 Å². The van der Waals surface area contributed by atoms with Crippen LogP contribution in [0.3, 0.4) is 0 Å². The molecular weight excluding hydrogens is 340 g/mol. The zero-order valence-electron chi connectivity index (χ0n) is 15.4. The van der Waals surface area contributed by atoms with Crippen molar-refractivity contribution in [1.82, 2.24) is 0 Å². The first-order valence-electron chi connectivity index (χ1n) is 9.43. The summed E-state index contributed by atoms with van der Waals surface area (Å²) in [4.78, 5) is 0. The van der Waals surface area contributed by atoms with Gasteiger partial charge in [0.25, 0.3) is 0 Å². The summed E-state index contributed by atoms with van der Waals surface area (Å²) < 4.78 is 0. The number of para-hydroxylation sites is 1. The van der Waals surface area contributed by atoms with E-state index in [4.69, 9.17) is 5.73 Å². The second-order valence-electron chi connectivity index (χ2n) is 6.95. The van der Waals surface area contributed by atoms with Gasteiger partial charge in [-0.05, 0) is 46.2 Å². The Labute approximate surface area is 164 Å². The topological polar surface area (TPSA) is 38.0 Å². The molecule has 0 aromatic heterocycles. The molecule has 0 atom stereocenters. The Hall–Kier alpha value is -3.78. The van der Waals surface area contributed by atoms with Crippen molar-refractivity contribution in [2.75, 3.05) is 11.1 Å². The van der Waals surface area contributed by atoms with Crippen molar-refractivity contribution in [1.29, 1.82) is 0 Å². The highest BCUT2D eigenvalue weighted by Gasteiger charge is 2.15. The summed E-state index contributed by atoms with van der Waals surface area (Å²) in [6.07, 6.45) is 0. The van der Waals surface area contributed by atoms with Crippen molar-refractivity contribution < 1.29 is 0 Å². The van der Waals surface area contributed by atoms with E-state index in [1.165, 1.54) is 32.7 Å². The molecule has 2 nitrogen and oxygen atoms in total. The van der Waals surface area contributed by atoms with Gasteiger partial charge in [0.2, 0.25) is 0 Å². The molecule has 0 saturated heterocycles. The van der Waals surface area contributed by atoms with Gasteiger partial charge in [-0.2, -0.15) is 0 Å². The molecule has 0 aliphatic heterocycles. The average Bonchev–Trinajstić information content (AvgIpc) is 2.75. The van der Waals surface area contributed by atoms with Gasteiger partial charge in [-0.15, -0.1) is 0 Å². The van der Waals surface area contributed by atoms with Gasteiger partial charge in [0.1, 0.15) is 0 Å². The van der Waals surface area contributed by atoms with E-state index >= 15 is 0 Å². The highest BCUT2D eigenvalue weighted by molar-refractivity contribution is 6.21. The molecule has 0 unspecified atom stereocenters. The summed E-state index contributed by atoms with van der Waals surface area (Å²) >= 11 is 0. The molecule has 3 N–H and O–H groups in total. The molecule has 0 bridgehead atoms. The standard InChI is InChI=1S/C26H20N2/c27-19-16-14-18(15-17-19)25-21-10-4-6-12-23(21)26(24-13-7-5-11-22(24)25)28-20-8-2-1-3-9-20/h1-17,28H,27H2. The van der Waals surface area contributed by atoms with Crippen molar-refractivity contribution in [2.24, 2.45) is 0 Å². The third-order valence-corrected chi connectivity index (χ3v) is 5.17. The third kappa shape index (κ3) is 2.76. The maximum absolute atomic E-state index is 5.93. The lowest BCUT2D eigenvalue weighted by molar-refractivity contribution is 1.59. The lowest BCUT2D eigenvalue weighted by Crippen LogP contribution is -1.95. The molecular formula is C26H20N2. The minimum absolute atomic E-state index is 0.778. The molecule has 2 heteroatoms. The Morgan fingerprint density at radius 1 is 0.500 bits per heavy atom. The maximum atomic E-state index is 5.93. The molecule has 0 saturated carbocycles. The fourth-order valence-electron chi connectivity index (χ4n) is 3.89. The molecule has 0 fully saturated rings. The minimum atomic E-state index is 0.778. The van der Waals surface area contributed by atoms with Gasteiger partial charge in [-0.1, -0.05) is 78.9 Å². The van der Waals surface area contributed by atoms with Crippen LogP contribution in [0.2, 0.25) is 0 Å². The summed E-state index contributed by atoms with van der Waals surface area (Å²) in [5, 5.41) is 8.52. The molecule has 0 amide bonds. The van der Waals surface area contributed by atoms with Gasteiger partial charge in [-0.3, -0.25) is 0 Å². The number of benzene rings is 5. The van der Waals surface area contributed by atoms with Crippen LogP contribution in [0, 0.1) is 0 Å². The molecule has 0 radical (unpaired) electrons. The first-order valence-corrected chi connectivity index (χ1v) is 9.43. The van der Waals surface area contributed by atoms with Crippen LogP contribution in [0.15, 0.2) is 103 Å². The number of hydrogen-bond donors (Lipinski definition) is 2. The number of nitrogen functional groups attached to an aromatic ring is 1. The summed E-state index contributed by atoms with van der Waals surface area (Å²) in [6.45, 7) is 0. The van der Waals surface area contributed by atoms with Crippen molar-refractivity contribution in [3.63, 3.8) is 0 Å². The molecule has 5 rings (SSSR count). The van der Waals surface area contributed by atoms with Crippen LogP contribution < -0.4 is 11.1 Å². The average molecular weight is 360 g/mol. The lowest BCUT2D eigenvalue weighted by Gasteiger charge is -2.18. The van der Waals surface area contributed by atoms with E-state index in [1.807, 2.05) is 18.2 Å². The molecule has 5 aromatic rings. The van der Waals surface area contributed by atoms with Crippen LogP contribution >= 0.6 is 0 Å². The van der Waals surface area contributed by atoms with E-state index in [1.54, 1.807) is 0 Å². The monoisotopic (exact) mass is 360 g/mol. The van der Waals surface area contributed by atoms with Crippen molar-refractivity contribution in [2.45, 2.75) is 0 Å². The SMILES string of the molecule is Nc1ccc(-c2c3ccccc3c(Nc3ccccc3)c3ccccc23)cc1. The molecule has 0 heterocycles. The van der Waals surface area contributed by atoms with Gasteiger partial charge >= 0.3 is 0 Å². The normalized spacial score (nSPS) is 11.0. The first-order chi connectivity index (χ1) is 13.8. The Morgan fingerprint density at radius 3 is 1.57 bits per heavy atom. The summed E-state index contributed by atoms with van der Waals surface area (Å²) in [6, 6.07) is 35.6. The van der Waals surface area contributed by atoms with E-state index in [0.29, 0.717) is 0 Å². The molecule has 28 heavy (non-hydrogen) atoms. The van der Waals surface area contributed by atoms with Crippen LogP contribution in [-0.2, 0) is 0 Å². The highest BCUT2D eigenvalue weighted by Crippen LogP contribution is 2.42. The van der Waals surface area contributed by atoms with E-state index < -0.39 is 0 Å². The Kier molecular flexibility index (Phi) is 3.95. The van der Waals surface area contributed by atoms with Crippen LogP contribution in [-0.4, -0.2) is 0 Å².